The van der Waals surface area contributed by atoms with Crippen molar-refractivity contribution in [3.63, 3.8) is 0 Å². The Hall–Kier alpha value is -3.74. The largest absolute Gasteiger partial charge is 0.445 e. The second kappa shape index (κ2) is 14.6. The minimum Gasteiger partial charge on any atom is -0.445 e. The normalized spacial score (nSPS) is 22.0. The lowest BCUT2D eigenvalue weighted by atomic mass is 10.0. The average Bonchev–Trinajstić information content (AvgIpc) is 3.32. The number of nitrogens with zero attached hydrogens (tertiary/aromatic N) is 1. The number of hydrogen-bond donors (Lipinski definition) is 3. The first-order valence-electron chi connectivity index (χ1n) is 14.1. The fraction of sp³-hybridized carbons (Fsp3) is 0.344. The van der Waals surface area contributed by atoms with Crippen LogP contribution in [0.5, 0.6) is 0 Å². The highest BCUT2D eigenvalue weighted by molar-refractivity contribution is 7.99. The smallest absolute Gasteiger partial charge is 0.408 e. The molecule has 3 aromatic rings. The summed E-state index contributed by atoms with van der Waals surface area (Å²) in [5, 5.41) is 21.2. The van der Waals surface area contributed by atoms with E-state index in [0.717, 1.165) is 21.6 Å². The van der Waals surface area contributed by atoms with Gasteiger partial charge in [-0.2, -0.15) is 11.8 Å². The lowest BCUT2D eigenvalue weighted by Crippen LogP contribution is -2.42. The molecule has 0 bridgehead atoms. The van der Waals surface area contributed by atoms with Crippen molar-refractivity contribution >= 4 is 35.4 Å². The number of nitrogens with one attached hydrogen (secondary N) is 1. The number of rotatable bonds is 11. The van der Waals surface area contributed by atoms with Crippen molar-refractivity contribution in [2.75, 3.05) is 23.0 Å². The van der Waals surface area contributed by atoms with Crippen LogP contribution in [-0.4, -0.2) is 58.4 Å². The van der Waals surface area contributed by atoms with Gasteiger partial charge in [-0.15, -0.1) is 0 Å². The highest BCUT2D eigenvalue weighted by Gasteiger charge is 2.41. The lowest BCUT2D eigenvalue weighted by Gasteiger charge is -2.36. The number of imide groups is 1. The summed E-state index contributed by atoms with van der Waals surface area (Å²) in [4.78, 5) is 39.6. The molecule has 4 atom stereocenters. The van der Waals surface area contributed by atoms with Crippen LogP contribution in [0.1, 0.15) is 47.5 Å². The summed E-state index contributed by atoms with van der Waals surface area (Å²) < 4.78 is 17.9. The molecule has 5 rings (SSSR count). The Kier molecular flexibility index (Phi) is 10.4. The Balaban J connectivity index is 1.28. The molecule has 2 fully saturated rings. The third-order valence-corrected chi connectivity index (χ3v) is 8.29. The van der Waals surface area contributed by atoms with E-state index in [1.54, 1.807) is 30.0 Å². The van der Waals surface area contributed by atoms with Gasteiger partial charge < -0.3 is 29.7 Å². The highest BCUT2D eigenvalue weighted by Crippen LogP contribution is 2.39. The number of alkyl carbamates (subject to hydrolysis) is 1. The summed E-state index contributed by atoms with van der Waals surface area (Å²) in [6.07, 6.45) is -1.60. The maximum atomic E-state index is 13.2. The molecule has 2 aliphatic heterocycles. The molecular weight excluding hydrogens is 572 g/mol. The summed E-state index contributed by atoms with van der Waals surface area (Å²) >= 11 is 1.59. The number of thioether (sulfide) groups is 1. The third kappa shape index (κ3) is 7.81. The van der Waals surface area contributed by atoms with E-state index in [4.69, 9.17) is 14.2 Å². The average molecular weight is 607 g/mol. The number of carbonyl (C=O) groups excluding carboxylic acids is 3. The van der Waals surface area contributed by atoms with Crippen LogP contribution in [0.15, 0.2) is 78.9 Å². The van der Waals surface area contributed by atoms with Gasteiger partial charge in [0.15, 0.2) is 6.29 Å². The number of amides is 3. The fourth-order valence-electron chi connectivity index (χ4n) is 5.04. The van der Waals surface area contributed by atoms with E-state index in [-0.39, 0.29) is 38.4 Å². The van der Waals surface area contributed by atoms with Crippen LogP contribution in [0.2, 0.25) is 0 Å². The van der Waals surface area contributed by atoms with E-state index in [1.165, 1.54) is 0 Å². The van der Waals surface area contributed by atoms with Gasteiger partial charge in [0.2, 0.25) is 5.91 Å². The summed E-state index contributed by atoms with van der Waals surface area (Å²) in [6.45, 7) is 0.0641. The quantitative estimate of drug-likeness (QED) is 0.219. The molecule has 1 unspecified atom stereocenters. The van der Waals surface area contributed by atoms with E-state index in [1.807, 2.05) is 60.7 Å². The molecule has 2 heterocycles. The van der Waals surface area contributed by atoms with Gasteiger partial charge in [0.1, 0.15) is 12.6 Å². The van der Waals surface area contributed by atoms with Crippen molar-refractivity contribution in [3.8, 4) is 0 Å². The molecule has 0 aromatic heterocycles. The Morgan fingerprint density at radius 1 is 0.953 bits per heavy atom. The molecule has 2 aliphatic rings. The summed E-state index contributed by atoms with van der Waals surface area (Å²) in [7, 11) is 0. The molecule has 2 saturated heterocycles. The number of aliphatic hydroxyl groups excluding tert-OH is 2. The zero-order valence-corrected chi connectivity index (χ0v) is 24.3. The van der Waals surface area contributed by atoms with E-state index in [0.29, 0.717) is 29.2 Å². The molecule has 3 N–H and O–H groups in total. The van der Waals surface area contributed by atoms with Crippen LogP contribution < -0.4 is 10.2 Å². The minimum atomic E-state index is -1.04. The van der Waals surface area contributed by atoms with Gasteiger partial charge in [0, 0.05) is 23.5 Å². The summed E-state index contributed by atoms with van der Waals surface area (Å²) in [5.41, 5.74) is 3.52. The fourth-order valence-corrected chi connectivity index (χ4v) is 5.81. The number of carbonyl (C=O) groups is 3. The van der Waals surface area contributed by atoms with Crippen molar-refractivity contribution in [3.05, 3.63) is 101 Å². The van der Waals surface area contributed by atoms with Crippen molar-refractivity contribution < 1.29 is 38.8 Å². The van der Waals surface area contributed by atoms with Gasteiger partial charge in [-0.1, -0.05) is 66.7 Å². The van der Waals surface area contributed by atoms with Gasteiger partial charge in [0.05, 0.1) is 37.5 Å². The van der Waals surface area contributed by atoms with Crippen molar-refractivity contribution in [2.45, 2.75) is 50.6 Å². The Bertz CT molecular complexity index is 1400. The molecule has 0 spiro atoms. The number of hydrogen-bond acceptors (Lipinski definition) is 9. The predicted octanol–water partition coefficient (Wildman–Crippen LogP) is 4.01. The molecule has 0 saturated carbocycles. The standard InChI is InChI=1S/C32H34N2O8S/c35-13-14-43-20-26-16-28(23-11-9-21(18-36)10-12-23)42-31(41-26)24-7-4-8-25(15-24)34-29(37)17-27(30(34)38)33-32(39)40-19-22-5-2-1-3-6-22/h1-12,15,26-28,31,35-36H,13-14,16-20H2,(H,33,39)/t26-,27?,28+,31+/m1/s1. The van der Waals surface area contributed by atoms with Crippen molar-refractivity contribution in [1.82, 2.24) is 5.32 Å². The highest BCUT2D eigenvalue weighted by atomic mass is 32.2. The molecule has 0 aliphatic carbocycles. The molecule has 0 radical (unpaired) electrons. The molecule has 10 nitrogen and oxygen atoms in total. The summed E-state index contributed by atoms with van der Waals surface area (Å²) in [5.74, 6) is 0.248. The SMILES string of the molecule is O=C(NC1CC(=O)N(c2cccc([C@H]3O[C@@H](CSCCO)C[C@@H](c4ccc(CO)cc4)O3)c2)C1=O)OCc1ccccc1. The van der Waals surface area contributed by atoms with Crippen LogP contribution in [0.3, 0.4) is 0 Å². The van der Waals surface area contributed by atoms with Crippen LogP contribution in [0.4, 0.5) is 10.5 Å². The third-order valence-electron chi connectivity index (χ3n) is 7.21. The Morgan fingerprint density at radius 2 is 1.74 bits per heavy atom. The summed E-state index contributed by atoms with van der Waals surface area (Å²) in [6, 6.07) is 22.5. The van der Waals surface area contributed by atoms with E-state index in [2.05, 4.69) is 5.32 Å². The monoisotopic (exact) mass is 606 g/mol. The molecular formula is C32H34N2O8S. The first-order valence-corrected chi connectivity index (χ1v) is 15.2. The van der Waals surface area contributed by atoms with Gasteiger partial charge in [-0.3, -0.25) is 9.59 Å². The minimum absolute atomic E-state index is 0.0424. The molecule has 11 heteroatoms. The van der Waals surface area contributed by atoms with Crippen LogP contribution in [-0.2, 0) is 37.0 Å². The maximum absolute atomic E-state index is 13.2. The number of benzene rings is 3. The van der Waals surface area contributed by atoms with E-state index >= 15 is 0 Å². The van der Waals surface area contributed by atoms with Gasteiger partial charge >= 0.3 is 6.09 Å². The van der Waals surface area contributed by atoms with E-state index < -0.39 is 30.2 Å². The molecule has 226 valence electrons. The predicted molar refractivity (Wildman–Crippen MR) is 160 cm³/mol. The second-order valence-electron chi connectivity index (χ2n) is 10.3. The van der Waals surface area contributed by atoms with Crippen molar-refractivity contribution in [2.24, 2.45) is 0 Å². The van der Waals surface area contributed by atoms with Crippen LogP contribution in [0.25, 0.3) is 0 Å². The molecule has 3 amide bonds. The van der Waals surface area contributed by atoms with Crippen LogP contribution >= 0.6 is 11.8 Å². The number of ether oxygens (including phenoxy) is 3. The van der Waals surface area contributed by atoms with Gasteiger partial charge in [-0.25, -0.2) is 9.69 Å². The number of anilines is 1. The van der Waals surface area contributed by atoms with E-state index in [9.17, 15) is 24.6 Å². The van der Waals surface area contributed by atoms with Gasteiger partial charge in [-0.05, 0) is 28.8 Å². The molecule has 3 aromatic carbocycles. The Morgan fingerprint density at radius 3 is 2.49 bits per heavy atom. The maximum Gasteiger partial charge on any atom is 0.408 e. The first-order chi connectivity index (χ1) is 20.9. The van der Waals surface area contributed by atoms with Crippen molar-refractivity contribution in [1.29, 1.82) is 0 Å². The lowest BCUT2D eigenvalue weighted by molar-refractivity contribution is -0.245. The zero-order valence-electron chi connectivity index (χ0n) is 23.5. The first kappa shape index (κ1) is 30.7. The zero-order chi connectivity index (χ0) is 30.2. The second-order valence-corrected chi connectivity index (χ2v) is 11.4. The number of aliphatic hydroxyl groups is 2. The van der Waals surface area contributed by atoms with Crippen LogP contribution in [0, 0.1) is 0 Å². The Labute approximate surface area is 253 Å². The molecule has 43 heavy (non-hydrogen) atoms. The van der Waals surface area contributed by atoms with Gasteiger partial charge in [0.25, 0.3) is 5.91 Å². The topological polar surface area (TPSA) is 135 Å².